The third kappa shape index (κ3) is 8.83. The van der Waals surface area contributed by atoms with Crippen LogP contribution in [0, 0.1) is 0 Å². The molecule has 332 valence electrons. The van der Waals surface area contributed by atoms with Crippen LogP contribution in [0.5, 0.6) is 23.0 Å². The van der Waals surface area contributed by atoms with Crippen LogP contribution in [0.15, 0.2) is 215 Å². The fourth-order valence-corrected chi connectivity index (χ4v) is 10.6. The molecular weight excluding hydrogens is 877 g/mol. The number of nitrogens with zero attached hydrogens (tertiary/aromatic N) is 2. The molecule has 1 aliphatic rings. The molecule has 0 saturated carbocycles. The summed E-state index contributed by atoms with van der Waals surface area (Å²) < 4.78 is 32.0. The number of fused-ring (bicyclic) bond motifs is 1. The minimum Gasteiger partial charge on any atom is -0.497 e. The first-order valence-electron chi connectivity index (χ1n) is 22.2. The van der Waals surface area contributed by atoms with Gasteiger partial charge >= 0.3 is 0 Å². The molecule has 1 aromatic heterocycles. The van der Waals surface area contributed by atoms with Gasteiger partial charge in [0.15, 0.2) is 0 Å². The van der Waals surface area contributed by atoms with Gasteiger partial charge in [0.25, 0.3) is 0 Å². The maximum absolute atomic E-state index is 5.56. The van der Waals surface area contributed by atoms with E-state index in [1.54, 1.807) is 39.8 Å². The molecular formula is C60H46N2O4S2. The summed E-state index contributed by atoms with van der Waals surface area (Å²) in [5.74, 6) is 3.22. The van der Waals surface area contributed by atoms with Crippen molar-refractivity contribution >= 4 is 56.4 Å². The summed E-state index contributed by atoms with van der Waals surface area (Å²) in [6, 6.07) is 72.1. The maximum atomic E-state index is 5.56. The third-order valence-electron chi connectivity index (χ3n) is 12.1. The van der Waals surface area contributed by atoms with Gasteiger partial charge in [-0.3, -0.25) is 0 Å². The lowest BCUT2D eigenvalue weighted by Gasteiger charge is -2.19. The molecule has 2 heterocycles. The van der Waals surface area contributed by atoms with Crippen molar-refractivity contribution in [1.82, 2.24) is 0 Å². The van der Waals surface area contributed by atoms with Gasteiger partial charge in [-0.25, -0.2) is 0 Å². The summed E-state index contributed by atoms with van der Waals surface area (Å²) in [7, 11) is 6.78. The Morgan fingerprint density at radius 3 is 0.779 bits per heavy atom. The highest BCUT2D eigenvalue weighted by Crippen LogP contribution is 2.54. The standard InChI is InChI=1S/C60H46N2O4S2/c1-63-49-31-23-43(24-32-49)55(44-25-33-50(64-2)34-26-44)53(39-11-7-5-8-12-39)41-15-19-47(20-16-41)59-57-58(62-68-61-57)60(67-59)48-21-17-42(18-22-48)54(40-13-9-6-10-14-40)56(45-27-35-51(65-3)36-28-45)46-29-37-52(66-4)38-30-46/h5-38H,1-4H3. The van der Waals surface area contributed by atoms with Crippen molar-refractivity contribution in [1.29, 1.82) is 0 Å². The van der Waals surface area contributed by atoms with Gasteiger partial charge in [-0.15, -0.1) is 11.3 Å². The van der Waals surface area contributed by atoms with Crippen LogP contribution in [0.2, 0.25) is 0 Å². The molecule has 0 aliphatic carbocycles. The van der Waals surface area contributed by atoms with Gasteiger partial charge in [-0.1, -0.05) is 158 Å². The van der Waals surface area contributed by atoms with Gasteiger partial charge in [0.05, 0.1) is 49.5 Å². The Morgan fingerprint density at radius 1 is 0.294 bits per heavy atom. The van der Waals surface area contributed by atoms with E-state index < -0.39 is 0 Å². The van der Waals surface area contributed by atoms with Crippen molar-refractivity contribution in [2.45, 2.75) is 0 Å². The Kier molecular flexibility index (Phi) is 12.8. The zero-order chi connectivity index (χ0) is 46.4. The van der Waals surface area contributed by atoms with Crippen molar-refractivity contribution < 1.29 is 18.9 Å². The smallest absolute Gasteiger partial charge is 0.124 e. The molecule has 1 aliphatic heterocycles. The van der Waals surface area contributed by atoms with Gasteiger partial charge in [-0.2, -0.15) is 8.73 Å². The SMILES string of the molecule is COc1ccc(C(=C(c2ccccc2)c2ccc(-c3sc(-c4ccc(C(=C(c5ccc(OC)cc5)c5ccc(OC)cc5)c5ccccc5)cc4)c4c3N=S=N4)cc2)c2ccc(OC)cc2)cc1. The second-order valence-corrected chi connectivity index (χ2v) is 17.6. The molecule has 0 unspecified atom stereocenters. The van der Waals surface area contributed by atoms with E-state index in [9.17, 15) is 0 Å². The van der Waals surface area contributed by atoms with Crippen LogP contribution in [0.1, 0.15) is 44.5 Å². The first-order valence-corrected chi connectivity index (χ1v) is 23.7. The third-order valence-corrected chi connectivity index (χ3v) is 13.9. The Morgan fingerprint density at radius 2 is 0.529 bits per heavy atom. The van der Waals surface area contributed by atoms with E-state index in [0.717, 1.165) is 122 Å². The number of thiophene rings is 1. The van der Waals surface area contributed by atoms with Crippen molar-refractivity contribution in [2.75, 3.05) is 28.4 Å². The number of hydrogen-bond donors (Lipinski definition) is 0. The van der Waals surface area contributed by atoms with Crippen molar-refractivity contribution in [3.05, 3.63) is 251 Å². The molecule has 0 amide bonds. The Bertz CT molecular complexity index is 3020. The van der Waals surface area contributed by atoms with E-state index in [4.69, 9.17) is 27.7 Å². The van der Waals surface area contributed by atoms with E-state index >= 15 is 0 Å². The molecule has 0 atom stereocenters. The number of rotatable bonds is 14. The molecule has 0 fully saturated rings. The van der Waals surface area contributed by atoms with Crippen LogP contribution in [0.4, 0.5) is 11.4 Å². The highest BCUT2D eigenvalue weighted by Gasteiger charge is 2.24. The molecule has 0 spiro atoms. The topological polar surface area (TPSA) is 61.6 Å². The van der Waals surface area contributed by atoms with Gasteiger partial charge in [0, 0.05) is 0 Å². The second kappa shape index (κ2) is 19.8. The van der Waals surface area contributed by atoms with E-state index in [1.807, 2.05) is 48.5 Å². The van der Waals surface area contributed by atoms with Crippen LogP contribution >= 0.6 is 11.3 Å². The first kappa shape index (κ1) is 43.8. The fourth-order valence-electron chi connectivity index (χ4n) is 8.71. The first-order chi connectivity index (χ1) is 33.5. The summed E-state index contributed by atoms with van der Waals surface area (Å²) in [5, 5.41) is 0. The van der Waals surface area contributed by atoms with Crippen molar-refractivity contribution in [2.24, 2.45) is 8.73 Å². The molecule has 0 saturated heterocycles. The molecule has 6 nitrogen and oxygen atoms in total. The second-order valence-electron chi connectivity index (χ2n) is 16.0. The van der Waals surface area contributed by atoms with Crippen LogP contribution in [-0.4, -0.2) is 28.4 Å². The average Bonchev–Trinajstić information content (AvgIpc) is 4.04. The lowest BCUT2D eigenvalue weighted by atomic mass is 9.85. The van der Waals surface area contributed by atoms with Gasteiger partial charge in [-0.05, 0) is 126 Å². The summed E-state index contributed by atoms with van der Waals surface area (Å²) in [6.45, 7) is 0. The lowest BCUT2D eigenvalue weighted by molar-refractivity contribution is 0.414. The molecule has 8 aromatic carbocycles. The molecule has 9 aromatic rings. The van der Waals surface area contributed by atoms with E-state index in [2.05, 4.69) is 158 Å². The monoisotopic (exact) mass is 922 g/mol. The van der Waals surface area contributed by atoms with Gasteiger partial charge in [0.1, 0.15) is 34.4 Å². The largest absolute Gasteiger partial charge is 0.497 e. The molecule has 0 N–H and O–H groups in total. The predicted octanol–water partition coefficient (Wildman–Crippen LogP) is 15.9. The summed E-state index contributed by atoms with van der Waals surface area (Å²) in [4.78, 5) is 2.17. The molecule has 0 bridgehead atoms. The van der Waals surface area contributed by atoms with Crippen molar-refractivity contribution in [3.63, 3.8) is 0 Å². The predicted molar refractivity (Wildman–Crippen MR) is 282 cm³/mol. The molecule has 10 rings (SSSR count). The van der Waals surface area contributed by atoms with E-state index in [-0.39, 0.29) is 0 Å². The molecule has 0 radical (unpaired) electrons. The van der Waals surface area contributed by atoms with Crippen molar-refractivity contribution in [3.8, 4) is 43.9 Å². The number of benzene rings is 8. The quantitative estimate of drug-likeness (QED) is 0.102. The fraction of sp³-hybridized carbons (Fsp3) is 0.0667. The number of ether oxygens (including phenoxy) is 4. The Balaban J connectivity index is 1.06. The van der Waals surface area contributed by atoms with Gasteiger partial charge < -0.3 is 18.9 Å². The zero-order valence-electron chi connectivity index (χ0n) is 38.0. The minimum absolute atomic E-state index is 0.805. The van der Waals surface area contributed by atoms with Crippen LogP contribution < -0.4 is 18.9 Å². The van der Waals surface area contributed by atoms with Crippen LogP contribution in [-0.2, 0) is 11.4 Å². The van der Waals surface area contributed by atoms with E-state index in [1.165, 1.54) is 11.4 Å². The van der Waals surface area contributed by atoms with E-state index in [0.29, 0.717) is 0 Å². The Labute approximate surface area is 405 Å². The lowest BCUT2D eigenvalue weighted by Crippen LogP contribution is -1.98. The maximum Gasteiger partial charge on any atom is 0.124 e. The summed E-state index contributed by atoms with van der Waals surface area (Å²) in [6.07, 6.45) is 0. The van der Waals surface area contributed by atoms with Crippen LogP contribution in [0.3, 0.4) is 0 Å². The summed E-state index contributed by atoms with van der Waals surface area (Å²) in [5.41, 5.74) is 17.1. The zero-order valence-corrected chi connectivity index (χ0v) is 39.6. The molecule has 8 heteroatoms. The minimum atomic E-state index is 0.805. The number of hydrogen-bond acceptors (Lipinski definition) is 7. The highest BCUT2D eigenvalue weighted by molar-refractivity contribution is 7.58. The van der Waals surface area contributed by atoms with Gasteiger partial charge in [0.2, 0.25) is 0 Å². The molecule has 68 heavy (non-hydrogen) atoms. The normalized spacial score (nSPS) is 11.3. The summed E-state index contributed by atoms with van der Waals surface area (Å²) >= 11 is 2.98. The van der Waals surface area contributed by atoms with Crippen LogP contribution in [0.25, 0.3) is 43.2 Å². The average molecular weight is 923 g/mol. The number of methoxy groups -OCH3 is 4. The highest BCUT2D eigenvalue weighted by atomic mass is 32.1. The Hall–Kier alpha value is -8.04.